The first kappa shape index (κ1) is 17.2. The number of nitrogens with zero attached hydrogens (tertiary/aromatic N) is 1. The third kappa shape index (κ3) is 3.96. The Morgan fingerprint density at radius 2 is 2.17 bits per heavy atom. The number of carbonyl (C=O) groups excluding carboxylic acids is 1. The van der Waals surface area contributed by atoms with Gasteiger partial charge in [-0.1, -0.05) is 0 Å². The standard InChI is InChI=1S/C18H18N2O4/c1-12-7-15(22-2)9-17(23-3)16(12)8-13(10-19)18(21)20-11-14-5-4-6-24-14/h4-9H,11H2,1-3H3,(H,20,21)/b13-8-. The Hall–Kier alpha value is -3.20. The lowest BCUT2D eigenvalue weighted by Crippen LogP contribution is -2.23. The highest BCUT2D eigenvalue weighted by atomic mass is 16.5. The summed E-state index contributed by atoms with van der Waals surface area (Å²) in [4.78, 5) is 12.2. The van der Waals surface area contributed by atoms with Crippen molar-refractivity contribution in [3.63, 3.8) is 0 Å². The molecule has 0 saturated carbocycles. The lowest BCUT2D eigenvalue weighted by molar-refractivity contribution is -0.117. The van der Waals surface area contributed by atoms with Gasteiger partial charge in [0.1, 0.15) is 28.9 Å². The van der Waals surface area contributed by atoms with E-state index in [4.69, 9.17) is 13.9 Å². The summed E-state index contributed by atoms with van der Waals surface area (Å²) in [5, 5.41) is 11.9. The van der Waals surface area contributed by atoms with Crippen LogP contribution >= 0.6 is 0 Å². The molecule has 6 heteroatoms. The summed E-state index contributed by atoms with van der Waals surface area (Å²) in [6.07, 6.45) is 3.03. The number of carbonyl (C=O) groups is 1. The smallest absolute Gasteiger partial charge is 0.262 e. The first-order valence-electron chi connectivity index (χ1n) is 7.24. The number of rotatable bonds is 6. The van der Waals surface area contributed by atoms with Crippen molar-refractivity contribution < 1.29 is 18.7 Å². The monoisotopic (exact) mass is 326 g/mol. The Kier molecular flexibility index (Phi) is 5.63. The van der Waals surface area contributed by atoms with Gasteiger partial charge in [-0.15, -0.1) is 0 Å². The highest BCUT2D eigenvalue weighted by Gasteiger charge is 2.13. The molecule has 1 amide bonds. The molecule has 0 bridgehead atoms. The van der Waals surface area contributed by atoms with E-state index < -0.39 is 5.91 Å². The minimum Gasteiger partial charge on any atom is -0.497 e. The van der Waals surface area contributed by atoms with Gasteiger partial charge in [0.15, 0.2) is 0 Å². The largest absolute Gasteiger partial charge is 0.497 e. The van der Waals surface area contributed by atoms with Gasteiger partial charge in [0.25, 0.3) is 5.91 Å². The molecule has 0 aliphatic rings. The second-order valence-electron chi connectivity index (χ2n) is 4.99. The van der Waals surface area contributed by atoms with E-state index in [0.717, 1.165) is 5.56 Å². The molecule has 1 aromatic heterocycles. The van der Waals surface area contributed by atoms with Crippen molar-refractivity contribution >= 4 is 12.0 Å². The van der Waals surface area contributed by atoms with Crippen molar-refractivity contribution in [1.29, 1.82) is 5.26 Å². The predicted molar refractivity (Wildman–Crippen MR) is 88.4 cm³/mol. The topological polar surface area (TPSA) is 84.5 Å². The number of furan rings is 1. The second-order valence-corrected chi connectivity index (χ2v) is 4.99. The average molecular weight is 326 g/mol. The molecule has 0 spiro atoms. The van der Waals surface area contributed by atoms with Gasteiger partial charge in [-0.25, -0.2) is 0 Å². The molecule has 2 aromatic rings. The fourth-order valence-electron chi connectivity index (χ4n) is 2.17. The molecule has 24 heavy (non-hydrogen) atoms. The van der Waals surface area contributed by atoms with Gasteiger partial charge in [-0.3, -0.25) is 4.79 Å². The number of hydrogen-bond donors (Lipinski definition) is 1. The van der Waals surface area contributed by atoms with Crippen molar-refractivity contribution in [2.45, 2.75) is 13.5 Å². The molecule has 0 saturated heterocycles. The van der Waals surface area contributed by atoms with Gasteiger partial charge in [0.05, 0.1) is 27.0 Å². The van der Waals surface area contributed by atoms with Crippen LogP contribution in [0.2, 0.25) is 0 Å². The molecule has 1 heterocycles. The molecule has 124 valence electrons. The maximum absolute atomic E-state index is 12.2. The van der Waals surface area contributed by atoms with Gasteiger partial charge < -0.3 is 19.2 Å². The molecule has 1 N–H and O–H groups in total. The molecule has 0 aliphatic heterocycles. The van der Waals surface area contributed by atoms with Crippen molar-refractivity contribution in [2.75, 3.05) is 14.2 Å². The van der Waals surface area contributed by atoms with Gasteiger partial charge in [-0.2, -0.15) is 5.26 Å². The Morgan fingerprint density at radius 3 is 2.75 bits per heavy atom. The quantitative estimate of drug-likeness (QED) is 0.652. The summed E-state index contributed by atoms with van der Waals surface area (Å²) in [7, 11) is 3.08. The van der Waals surface area contributed by atoms with Crippen LogP contribution in [0.15, 0.2) is 40.5 Å². The summed E-state index contributed by atoms with van der Waals surface area (Å²) in [6, 6.07) is 8.90. The Bertz CT molecular complexity index is 786. The predicted octanol–water partition coefficient (Wildman–Crippen LogP) is 2.83. The van der Waals surface area contributed by atoms with Crippen LogP contribution in [0.5, 0.6) is 11.5 Å². The number of methoxy groups -OCH3 is 2. The summed E-state index contributed by atoms with van der Waals surface area (Å²) in [6.45, 7) is 2.07. The highest BCUT2D eigenvalue weighted by Crippen LogP contribution is 2.30. The number of benzene rings is 1. The van der Waals surface area contributed by atoms with Gasteiger partial charge >= 0.3 is 0 Å². The van der Waals surface area contributed by atoms with Crippen LogP contribution in [0.25, 0.3) is 6.08 Å². The molecule has 6 nitrogen and oxygen atoms in total. The third-order valence-corrected chi connectivity index (χ3v) is 3.44. The fraction of sp³-hybridized carbons (Fsp3) is 0.222. The van der Waals surface area contributed by atoms with Crippen LogP contribution in [-0.2, 0) is 11.3 Å². The van der Waals surface area contributed by atoms with Crippen LogP contribution in [0, 0.1) is 18.3 Å². The third-order valence-electron chi connectivity index (χ3n) is 3.44. The van der Waals surface area contributed by atoms with E-state index in [0.29, 0.717) is 22.8 Å². The van der Waals surface area contributed by atoms with Gasteiger partial charge in [-0.05, 0) is 36.8 Å². The molecule has 0 unspecified atom stereocenters. The summed E-state index contributed by atoms with van der Waals surface area (Å²) >= 11 is 0. The number of nitriles is 1. The molecule has 0 aliphatic carbocycles. The molecule has 0 radical (unpaired) electrons. The summed E-state index contributed by atoms with van der Waals surface area (Å²) in [5.41, 5.74) is 1.47. The minimum atomic E-state index is -0.480. The number of aryl methyl sites for hydroxylation is 1. The molecule has 1 aromatic carbocycles. The lowest BCUT2D eigenvalue weighted by Gasteiger charge is -2.11. The van der Waals surface area contributed by atoms with Crippen molar-refractivity contribution in [3.8, 4) is 17.6 Å². The average Bonchev–Trinajstić information content (AvgIpc) is 3.11. The highest BCUT2D eigenvalue weighted by molar-refractivity contribution is 6.02. The zero-order valence-electron chi connectivity index (χ0n) is 13.8. The van der Waals surface area contributed by atoms with Crippen LogP contribution in [0.3, 0.4) is 0 Å². The maximum Gasteiger partial charge on any atom is 0.262 e. The summed E-state index contributed by atoms with van der Waals surface area (Å²) in [5.74, 6) is 1.30. The molecular weight excluding hydrogens is 308 g/mol. The molecular formula is C18H18N2O4. The van der Waals surface area contributed by atoms with Crippen LogP contribution < -0.4 is 14.8 Å². The number of amides is 1. The van der Waals surface area contributed by atoms with Crippen molar-refractivity contribution in [1.82, 2.24) is 5.32 Å². The van der Waals surface area contributed by atoms with E-state index in [2.05, 4.69) is 5.32 Å². The number of ether oxygens (including phenoxy) is 2. The second kappa shape index (κ2) is 7.88. The molecule has 2 rings (SSSR count). The Balaban J connectivity index is 2.26. The number of nitrogens with one attached hydrogen (secondary N) is 1. The zero-order valence-corrected chi connectivity index (χ0v) is 13.8. The van der Waals surface area contributed by atoms with Crippen LogP contribution in [0.4, 0.5) is 0 Å². The van der Waals surface area contributed by atoms with E-state index in [1.54, 1.807) is 25.3 Å². The van der Waals surface area contributed by atoms with E-state index in [-0.39, 0.29) is 12.1 Å². The molecule has 0 atom stereocenters. The van der Waals surface area contributed by atoms with Crippen LogP contribution in [-0.4, -0.2) is 20.1 Å². The first-order chi connectivity index (χ1) is 11.6. The first-order valence-corrected chi connectivity index (χ1v) is 7.24. The van der Waals surface area contributed by atoms with Crippen LogP contribution in [0.1, 0.15) is 16.9 Å². The van der Waals surface area contributed by atoms with E-state index in [1.165, 1.54) is 19.4 Å². The SMILES string of the molecule is COc1cc(C)c(/C=C(/C#N)C(=O)NCc2ccco2)c(OC)c1. The van der Waals surface area contributed by atoms with Crippen molar-refractivity contribution in [2.24, 2.45) is 0 Å². The van der Waals surface area contributed by atoms with E-state index in [1.807, 2.05) is 19.1 Å². The van der Waals surface area contributed by atoms with E-state index in [9.17, 15) is 10.1 Å². The fourth-order valence-corrected chi connectivity index (χ4v) is 2.17. The number of hydrogen-bond acceptors (Lipinski definition) is 5. The molecule has 0 fully saturated rings. The normalized spacial score (nSPS) is 10.8. The maximum atomic E-state index is 12.2. The van der Waals surface area contributed by atoms with Gasteiger partial charge in [0, 0.05) is 11.6 Å². The lowest BCUT2D eigenvalue weighted by atomic mass is 10.0. The summed E-state index contributed by atoms with van der Waals surface area (Å²) < 4.78 is 15.7. The van der Waals surface area contributed by atoms with Crippen molar-refractivity contribution in [3.05, 3.63) is 53.0 Å². The Morgan fingerprint density at radius 1 is 1.38 bits per heavy atom. The van der Waals surface area contributed by atoms with Gasteiger partial charge in [0.2, 0.25) is 0 Å². The zero-order chi connectivity index (χ0) is 17.5. The van der Waals surface area contributed by atoms with E-state index >= 15 is 0 Å². The Labute approximate surface area is 140 Å². The minimum absolute atomic E-state index is 0.0203.